The topological polar surface area (TPSA) is 107 Å². The predicted molar refractivity (Wildman–Crippen MR) is 128 cm³/mol. The van der Waals surface area contributed by atoms with E-state index in [1.807, 2.05) is 6.07 Å². The number of rotatable bonds is 6. The Morgan fingerprint density at radius 1 is 1.15 bits per heavy atom. The minimum absolute atomic E-state index is 0.0496. The van der Waals surface area contributed by atoms with Gasteiger partial charge in [-0.25, -0.2) is 14.2 Å². The predicted octanol–water partition coefficient (Wildman–Crippen LogP) is 3.21. The molecule has 3 aromatic rings. The van der Waals surface area contributed by atoms with E-state index in [1.165, 1.54) is 26.2 Å². The number of piperazine rings is 1. The molecule has 0 spiro atoms. The third-order valence-electron chi connectivity index (χ3n) is 5.64. The number of pyridine rings is 1. The van der Waals surface area contributed by atoms with Gasteiger partial charge >= 0.3 is 5.97 Å². The standard InChI is InChI=1S/C25H27FN4O4/c1-15(31)28-21-7-6-16(12-20(21)26)18-4-3-5-19(24(18)32)17-13-22(25(33)34-2)29-23(14-17)30-10-8-27-9-11-30/h3-7,12-15,27-28,31-32H,8-11H2,1-2H3. The average Bonchev–Trinajstić information content (AvgIpc) is 2.85. The summed E-state index contributed by atoms with van der Waals surface area (Å²) < 4.78 is 19.4. The lowest BCUT2D eigenvalue weighted by molar-refractivity contribution is 0.0594. The fourth-order valence-corrected chi connectivity index (χ4v) is 3.97. The Morgan fingerprint density at radius 2 is 1.85 bits per heavy atom. The van der Waals surface area contributed by atoms with E-state index < -0.39 is 18.0 Å². The highest BCUT2D eigenvalue weighted by molar-refractivity contribution is 5.91. The molecule has 1 atom stereocenters. The zero-order valence-electron chi connectivity index (χ0n) is 19.0. The number of aliphatic hydroxyl groups is 1. The number of nitrogens with one attached hydrogen (secondary N) is 2. The quantitative estimate of drug-likeness (QED) is 0.324. The maximum atomic E-state index is 14.6. The van der Waals surface area contributed by atoms with Gasteiger partial charge in [-0.3, -0.25) is 0 Å². The number of hydrogen-bond acceptors (Lipinski definition) is 8. The van der Waals surface area contributed by atoms with Crippen molar-refractivity contribution >= 4 is 17.5 Å². The van der Waals surface area contributed by atoms with Crippen LogP contribution in [0.4, 0.5) is 15.9 Å². The lowest BCUT2D eigenvalue weighted by Gasteiger charge is -2.29. The highest BCUT2D eigenvalue weighted by Gasteiger charge is 2.20. The summed E-state index contributed by atoms with van der Waals surface area (Å²) in [4.78, 5) is 18.8. The Morgan fingerprint density at radius 3 is 2.50 bits per heavy atom. The van der Waals surface area contributed by atoms with Crippen LogP contribution in [0.2, 0.25) is 0 Å². The van der Waals surface area contributed by atoms with Crippen LogP contribution in [0.25, 0.3) is 22.3 Å². The fourth-order valence-electron chi connectivity index (χ4n) is 3.97. The maximum Gasteiger partial charge on any atom is 0.356 e. The first-order valence-corrected chi connectivity index (χ1v) is 11.0. The molecule has 8 nitrogen and oxygen atoms in total. The number of nitrogens with zero attached hydrogens (tertiary/aromatic N) is 2. The van der Waals surface area contributed by atoms with Crippen molar-refractivity contribution < 1.29 is 24.1 Å². The molecule has 0 radical (unpaired) electrons. The van der Waals surface area contributed by atoms with Gasteiger partial charge in [0.15, 0.2) is 5.69 Å². The van der Waals surface area contributed by atoms with Crippen LogP contribution in [0.15, 0.2) is 48.5 Å². The Balaban J connectivity index is 1.77. The second-order valence-corrected chi connectivity index (χ2v) is 8.04. The monoisotopic (exact) mass is 466 g/mol. The Kier molecular flexibility index (Phi) is 6.95. The SMILES string of the molecule is COC(=O)c1cc(-c2cccc(-c3ccc(NC(C)O)c(F)c3)c2O)cc(N2CCNCC2)n1. The molecule has 0 bridgehead atoms. The summed E-state index contributed by atoms with van der Waals surface area (Å²) in [6, 6.07) is 13.0. The number of phenolic OH excluding ortho intramolecular Hbond substituents is 1. The van der Waals surface area contributed by atoms with Crippen LogP contribution in [0.5, 0.6) is 5.75 Å². The summed E-state index contributed by atoms with van der Waals surface area (Å²) in [5.41, 5.74) is 2.27. The molecule has 178 valence electrons. The van der Waals surface area contributed by atoms with Crippen molar-refractivity contribution in [2.45, 2.75) is 13.2 Å². The minimum Gasteiger partial charge on any atom is -0.507 e. The van der Waals surface area contributed by atoms with Gasteiger partial charge in [-0.05, 0) is 42.3 Å². The minimum atomic E-state index is -0.905. The zero-order valence-corrected chi connectivity index (χ0v) is 19.0. The van der Waals surface area contributed by atoms with E-state index >= 15 is 0 Å². The zero-order chi connectivity index (χ0) is 24.2. The first-order chi connectivity index (χ1) is 16.4. The number of aromatic nitrogens is 1. The van der Waals surface area contributed by atoms with Gasteiger partial charge < -0.3 is 30.5 Å². The Bertz CT molecular complexity index is 1200. The number of esters is 1. The molecule has 0 saturated carbocycles. The summed E-state index contributed by atoms with van der Waals surface area (Å²) in [5.74, 6) is -0.562. The van der Waals surface area contributed by atoms with E-state index in [0.717, 1.165) is 26.2 Å². The average molecular weight is 467 g/mol. The molecule has 34 heavy (non-hydrogen) atoms. The Hall–Kier alpha value is -3.69. The maximum absolute atomic E-state index is 14.6. The van der Waals surface area contributed by atoms with E-state index in [0.29, 0.717) is 28.1 Å². The van der Waals surface area contributed by atoms with Gasteiger partial charge in [-0.2, -0.15) is 0 Å². The van der Waals surface area contributed by atoms with Crippen molar-refractivity contribution in [1.29, 1.82) is 0 Å². The summed E-state index contributed by atoms with van der Waals surface area (Å²) >= 11 is 0. The van der Waals surface area contributed by atoms with Crippen molar-refractivity contribution in [3.05, 3.63) is 60.0 Å². The molecule has 0 aliphatic carbocycles. The van der Waals surface area contributed by atoms with Crippen molar-refractivity contribution in [1.82, 2.24) is 10.3 Å². The molecule has 4 rings (SSSR count). The number of methoxy groups -OCH3 is 1. The molecular formula is C25H27FN4O4. The smallest absolute Gasteiger partial charge is 0.356 e. The molecule has 4 N–H and O–H groups in total. The number of benzene rings is 2. The van der Waals surface area contributed by atoms with Crippen molar-refractivity contribution in [2.24, 2.45) is 0 Å². The number of anilines is 2. The number of para-hydroxylation sites is 1. The van der Waals surface area contributed by atoms with E-state index in [4.69, 9.17) is 4.74 Å². The number of carbonyl (C=O) groups is 1. The lowest BCUT2D eigenvalue weighted by atomic mass is 9.97. The lowest BCUT2D eigenvalue weighted by Crippen LogP contribution is -2.44. The summed E-state index contributed by atoms with van der Waals surface area (Å²) in [6.45, 7) is 4.55. The van der Waals surface area contributed by atoms with Crippen LogP contribution in [-0.4, -0.2) is 60.7 Å². The van der Waals surface area contributed by atoms with Crippen LogP contribution in [0.1, 0.15) is 17.4 Å². The van der Waals surface area contributed by atoms with Crippen LogP contribution in [-0.2, 0) is 4.74 Å². The van der Waals surface area contributed by atoms with Crippen LogP contribution >= 0.6 is 0 Å². The van der Waals surface area contributed by atoms with E-state index in [2.05, 4.69) is 20.5 Å². The third kappa shape index (κ3) is 4.95. The molecule has 1 aliphatic rings. The van der Waals surface area contributed by atoms with Crippen LogP contribution in [0, 0.1) is 5.82 Å². The third-order valence-corrected chi connectivity index (χ3v) is 5.64. The van der Waals surface area contributed by atoms with Gasteiger partial charge in [0.1, 0.15) is 23.6 Å². The van der Waals surface area contributed by atoms with Gasteiger partial charge in [-0.1, -0.05) is 24.3 Å². The molecule has 1 fully saturated rings. The van der Waals surface area contributed by atoms with Crippen molar-refractivity contribution in [2.75, 3.05) is 43.5 Å². The van der Waals surface area contributed by atoms with Gasteiger partial charge in [0.2, 0.25) is 0 Å². The highest BCUT2D eigenvalue weighted by atomic mass is 19.1. The van der Waals surface area contributed by atoms with E-state index in [1.54, 1.807) is 30.3 Å². The summed E-state index contributed by atoms with van der Waals surface area (Å²) in [5, 5.41) is 26.5. The molecule has 2 aromatic carbocycles. The first kappa shape index (κ1) is 23.5. The van der Waals surface area contributed by atoms with Gasteiger partial charge in [0, 0.05) is 37.3 Å². The highest BCUT2D eigenvalue weighted by Crippen LogP contribution is 2.39. The number of aromatic hydroxyl groups is 1. The molecule has 9 heteroatoms. The number of aliphatic hydroxyl groups excluding tert-OH is 1. The number of halogens is 1. The second kappa shape index (κ2) is 10.1. The molecule has 2 heterocycles. The van der Waals surface area contributed by atoms with Gasteiger partial charge in [-0.15, -0.1) is 0 Å². The molecule has 1 saturated heterocycles. The number of ether oxygens (including phenoxy) is 1. The first-order valence-electron chi connectivity index (χ1n) is 11.0. The Labute approximate surface area is 197 Å². The van der Waals surface area contributed by atoms with Crippen molar-refractivity contribution in [3.63, 3.8) is 0 Å². The molecule has 1 aromatic heterocycles. The van der Waals surface area contributed by atoms with Crippen molar-refractivity contribution in [3.8, 4) is 28.0 Å². The van der Waals surface area contributed by atoms with E-state index in [9.17, 15) is 19.4 Å². The van der Waals surface area contributed by atoms with Crippen LogP contribution in [0.3, 0.4) is 0 Å². The summed E-state index contributed by atoms with van der Waals surface area (Å²) in [6.07, 6.45) is -0.905. The van der Waals surface area contributed by atoms with Crippen LogP contribution < -0.4 is 15.5 Å². The van der Waals surface area contributed by atoms with Gasteiger partial charge in [0.25, 0.3) is 0 Å². The largest absolute Gasteiger partial charge is 0.507 e. The van der Waals surface area contributed by atoms with E-state index in [-0.39, 0.29) is 17.1 Å². The molecule has 1 aliphatic heterocycles. The number of carbonyl (C=O) groups excluding carboxylic acids is 1. The number of hydrogen-bond donors (Lipinski definition) is 4. The normalized spacial score (nSPS) is 14.5. The molecule has 1 unspecified atom stereocenters. The number of phenols is 1. The second-order valence-electron chi connectivity index (χ2n) is 8.04. The summed E-state index contributed by atoms with van der Waals surface area (Å²) in [7, 11) is 1.30. The fraction of sp³-hybridized carbons (Fsp3) is 0.280. The van der Waals surface area contributed by atoms with Gasteiger partial charge in [0.05, 0.1) is 12.8 Å². The molecular weight excluding hydrogens is 439 g/mol. The molecule has 0 amide bonds.